The van der Waals surface area contributed by atoms with Crippen LogP contribution < -0.4 is 11.2 Å². The molecule has 10 heteroatoms. The number of aliphatic carboxylic acids is 1. The first-order valence-electron chi connectivity index (χ1n) is 7.32. The molecule has 6 nitrogen and oxygen atoms in total. The maximum Gasteiger partial charge on any atom is 0.328 e. The van der Waals surface area contributed by atoms with E-state index in [1.807, 2.05) is 0 Å². The van der Waals surface area contributed by atoms with Gasteiger partial charge in [0.15, 0.2) is 0 Å². The lowest BCUT2D eigenvalue weighted by molar-refractivity contribution is -0.136. The van der Waals surface area contributed by atoms with Crippen LogP contribution in [0.1, 0.15) is 31.1 Å². The molecule has 0 aliphatic rings. The van der Waals surface area contributed by atoms with Crippen molar-refractivity contribution in [2.45, 2.75) is 33.2 Å². The molecule has 2 rings (SSSR count). The van der Waals surface area contributed by atoms with E-state index in [1.54, 1.807) is 20.8 Å². The van der Waals surface area contributed by atoms with E-state index < -0.39 is 5.97 Å². The summed E-state index contributed by atoms with van der Waals surface area (Å²) < 4.78 is 1.60. The maximum absolute atomic E-state index is 11.5. The van der Waals surface area contributed by atoms with Gasteiger partial charge < -0.3 is 10.1 Å². The lowest BCUT2D eigenvalue weighted by atomic mass is 10.1. The number of carbonyl (C=O) groups is 1. The zero-order chi connectivity index (χ0) is 20.2. The number of aromatic amines is 1. The van der Waals surface area contributed by atoms with Crippen LogP contribution >= 0.6 is 50.7 Å². The Morgan fingerprint density at radius 1 is 1.23 bits per heavy atom. The summed E-state index contributed by atoms with van der Waals surface area (Å²) in [5.41, 5.74) is 0.271. The topological polar surface area (TPSA) is 92.2 Å². The van der Waals surface area contributed by atoms with Crippen molar-refractivity contribution in [3.05, 3.63) is 63.8 Å². The van der Waals surface area contributed by atoms with Crippen molar-refractivity contribution in [1.82, 2.24) is 9.55 Å². The fourth-order valence-electron chi connectivity index (χ4n) is 1.99. The number of H-pyrrole nitrogens is 1. The van der Waals surface area contributed by atoms with Gasteiger partial charge >= 0.3 is 11.7 Å². The highest BCUT2D eigenvalue weighted by Crippen LogP contribution is 2.31. The molecule has 1 aromatic heterocycles. The van der Waals surface area contributed by atoms with Gasteiger partial charge in [-0.1, -0.05) is 34.8 Å². The number of nitrogens with zero attached hydrogens (tertiary/aromatic N) is 1. The Kier molecular flexibility index (Phi) is 8.40. The first-order valence-corrected chi connectivity index (χ1v) is 9.25. The molecule has 2 N–H and O–H groups in total. The molecule has 0 aliphatic carbocycles. The van der Waals surface area contributed by atoms with E-state index in [4.69, 9.17) is 39.9 Å². The van der Waals surface area contributed by atoms with E-state index in [1.165, 1.54) is 16.7 Å². The van der Waals surface area contributed by atoms with Gasteiger partial charge in [0, 0.05) is 22.3 Å². The minimum Gasteiger partial charge on any atom is -0.481 e. The first kappa shape index (κ1) is 22.8. The van der Waals surface area contributed by atoms with Crippen LogP contribution in [0.5, 0.6) is 0 Å². The van der Waals surface area contributed by atoms with Gasteiger partial charge in [-0.25, -0.2) is 4.79 Å². The second kappa shape index (κ2) is 9.60. The molecule has 0 unspecified atom stereocenters. The molecule has 0 atom stereocenters. The Balaban J connectivity index is 0.000000260. The molecule has 0 spiro atoms. The third kappa shape index (κ3) is 5.61. The van der Waals surface area contributed by atoms with Crippen molar-refractivity contribution >= 4 is 56.7 Å². The van der Waals surface area contributed by atoms with Crippen LogP contribution in [0.2, 0.25) is 15.1 Å². The summed E-state index contributed by atoms with van der Waals surface area (Å²) in [6.45, 7) is 5.26. The van der Waals surface area contributed by atoms with E-state index in [2.05, 4.69) is 20.9 Å². The number of rotatable bonds is 3. The van der Waals surface area contributed by atoms with Crippen molar-refractivity contribution in [1.29, 1.82) is 0 Å². The molecular formula is C16H16BrCl3N2O4. The van der Waals surface area contributed by atoms with Crippen LogP contribution in [-0.4, -0.2) is 20.6 Å². The van der Waals surface area contributed by atoms with E-state index in [-0.39, 0.29) is 28.7 Å². The van der Waals surface area contributed by atoms with Gasteiger partial charge in [0.05, 0.1) is 16.5 Å². The Bertz CT molecular complexity index is 938. The van der Waals surface area contributed by atoms with Crippen molar-refractivity contribution in [2.24, 2.45) is 0 Å². The summed E-state index contributed by atoms with van der Waals surface area (Å²) in [6.07, 6.45) is -0.224. The highest BCUT2D eigenvalue weighted by atomic mass is 79.9. The smallest absolute Gasteiger partial charge is 0.328 e. The lowest BCUT2D eigenvalue weighted by Crippen LogP contribution is -2.37. The molecular weight excluding hydrogens is 470 g/mol. The largest absolute Gasteiger partial charge is 0.481 e. The number of carboxylic acid groups (broad SMARTS) is 1. The lowest BCUT2D eigenvalue weighted by Gasteiger charge is -2.09. The molecule has 0 radical (unpaired) electrons. The van der Waals surface area contributed by atoms with Crippen LogP contribution in [-0.2, 0) is 11.2 Å². The van der Waals surface area contributed by atoms with Crippen molar-refractivity contribution in [3.63, 3.8) is 0 Å². The average molecular weight is 487 g/mol. The predicted octanol–water partition coefficient (Wildman–Crippen LogP) is 4.46. The van der Waals surface area contributed by atoms with Gasteiger partial charge in [-0.05, 0) is 48.8 Å². The first-order chi connectivity index (χ1) is 12.0. The van der Waals surface area contributed by atoms with E-state index in [9.17, 15) is 14.4 Å². The number of aryl methyl sites for hydroxylation is 1. The Morgan fingerprint density at radius 3 is 2.27 bits per heavy atom. The summed E-state index contributed by atoms with van der Waals surface area (Å²) in [5, 5.41) is 9.38. The summed E-state index contributed by atoms with van der Waals surface area (Å²) in [4.78, 5) is 35.9. The Morgan fingerprint density at radius 2 is 1.77 bits per heavy atom. The van der Waals surface area contributed by atoms with Gasteiger partial charge in [-0.2, -0.15) is 0 Å². The molecule has 0 aliphatic heterocycles. The molecule has 0 bridgehead atoms. The van der Waals surface area contributed by atoms with Gasteiger partial charge in [0.25, 0.3) is 5.56 Å². The van der Waals surface area contributed by atoms with Crippen molar-refractivity contribution in [3.8, 4) is 0 Å². The molecule has 0 fully saturated rings. The van der Waals surface area contributed by atoms with Crippen LogP contribution in [0.3, 0.4) is 0 Å². The number of aromatic nitrogens is 2. The van der Waals surface area contributed by atoms with Crippen molar-refractivity contribution in [2.75, 3.05) is 0 Å². The second-order valence-corrected chi connectivity index (χ2v) is 7.52. The molecule has 0 amide bonds. The molecule has 142 valence electrons. The third-order valence-electron chi connectivity index (χ3n) is 3.23. The van der Waals surface area contributed by atoms with Gasteiger partial charge in [0.2, 0.25) is 0 Å². The summed E-state index contributed by atoms with van der Waals surface area (Å²) in [7, 11) is 0. The van der Waals surface area contributed by atoms with Gasteiger partial charge in [0.1, 0.15) is 4.47 Å². The number of hydrogen-bond donors (Lipinski definition) is 2. The summed E-state index contributed by atoms with van der Waals surface area (Å²) in [5.74, 6) is -0.994. The fourth-order valence-corrected chi connectivity index (χ4v) is 2.96. The second-order valence-electron chi connectivity index (χ2n) is 5.53. The number of carboxylic acids is 1. The SMILES string of the molecule is Cc1[nH]c(=O)n(C(C)C)c(=O)c1Br.O=C(O)Cc1c(Cl)ccc(Cl)c1Cl. The van der Waals surface area contributed by atoms with E-state index >= 15 is 0 Å². The fraction of sp³-hybridized carbons (Fsp3) is 0.312. The Labute approximate surface area is 172 Å². The number of halogens is 4. The molecule has 2 aromatic rings. The van der Waals surface area contributed by atoms with Gasteiger partial charge in [-0.3, -0.25) is 14.2 Å². The standard InChI is InChI=1S/C8H11BrN2O2.C8H5Cl3O2/c1-4(2)11-7(12)6(9)5(3)10-8(11)13;9-5-1-2-6(10)8(11)4(5)3-7(12)13/h4H,1-3H3,(H,10,13);1-2H,3H2,(H,12,13). The summed E-state index contributed by atoms with van der Waals surface area (Å²) >= 11 is 20.3. The molecule has 0 saturated heterocycles. The zero-order valence-corrected chi connectivity index (χ0v) is 17.9. The monoisotopic (exact) mass is 484 g/mol. The third-order valence-corrected chi connectivity index (χ3v) is 5.36. The minimum atomic E-state index is -0.994. The number of nitrogens with one attached hydrogen (secondary N) is 1. The molecule has 1 aromatic carbocycles. The molecule has 1 heterocycles. The van der Waals surface area contributed by atoms with Crippen molar-refractivity contribution < 1.29 is 9.90 Å². The minimum absolute atomic E-state index is 0.131. The van der Waals surface area contributed by atoms with E-state index in [0.29, 0.717) is 25.8 Å². The van der Waals surface area contributed by atoms with Gasteiger partial charge in [-0.15, -0.1) is 0 Å². The summed E-state index contributed by atoms with van der Waals surface area (Å²) in [6, 6.07) is 2.92. The van der Waals surface area contributed by atoms with Crippen LogP contribution in [0.15, 0.2) is 26.2 Å². The quantitative estimate of drug-likeness (QED) is 0.627. The molecule has 0 saturated carbocycles. The average Bonchev–Trinajstić information content (AvgIpc) is 2.53. The maximum atomic E-state index is 11.5. The highest BCUT2D eigenvalue weighted by molar-refractivity contribution is 9.10. The zero-order valence-electron chi connectivity index (χ0n) is 14.1. The Hall–Kier alpha value is -1.28. The van der Waals surface area contributed by atoms with Crippen LogP contribution in [0.4, 0.5) is 0 Å². The predicted molar refractivity (Wildman–Crippen MR) is 107 cm³/mol. The number of benzene rings is 1. The number of hydrogen-bond acceptors (Lipinski definition) is 3. The normalized spacial score (nSPS) is 10.5. The molecule has 26 heavy (non-hydrogen) atoms. The van der Waals surface area contributed by atoms with E-state index in [0.717, 1.165) is 0 Å². The van der Waals surface area contributed by atoms with Crippen LogP contribution in [0.25, 0.3) is 0 Å². The van der Waals surface area contributed by atoms with Crippen LogP contribution in [0, 0.1) is 6.92 Å². The highest BCUT2D eigenvalue weighted by Gasteiger charge is 2.12.